The monoisotopic (exact) mass is 269 g/mol. The highest BCUT2D eigenvalue weighted by molar-refractivity contribution is 5.22. The minimum Gasteiger partial charge on any atom is -0.323 e. The van der Waals surface area contributed by atoms with Crippen LogP contribution in [0.1, 0.15) is 18.0 Å². The molecule has 2 N–H and O–H groups in total. The van der Waals surface area contributed by atoms with Crippen LogP contribution in [-0.2, 0) is 0 Å². The van der Waals surface area contributed by atoms with Crippen LogP contribution < -0.4 is 5.73 Å². The highest BCUT2D eigenvalue weighted by Crippen LogP contribution is 2.20. The van der Waals surface area contributed by atoms with Crippen LogP contribution in [0.3, 0.4) is 0 Å². The number of hydrogen-bond donors (Lipinski definition) is 1. The van der Waals surface area contributed by atoms with Crippen molar-refractivity contribution in [1.82, 2.24) is 9.80 Å². The van der Waals surface area contributed by atoms with Gasteiger partial charge in [-0.05, 0) is 45.3 Å². The molecule has 106 valence electrons. The molecule has 5 heteroatoms. The van der Waals surface area contributed by atoms with E-state index in [9.17, 15) is 8.78 Å². The lowest BCUT2D eigenvalue weighted by atomic mass is 10.1. The molecule has 1 aliphatic heterocycles. The van der Waals surface area contributed by atoms with Gasteiger partial charge in [-0.25, -0.2) is 8.78 Å². The molecule has 0 spiro atoms. The minimum absolute atomic E-state index is 0.258. The normalized spacial score (nSPS) is 22.1. The van der Waals surface area contributed by atoms with Crippen LogP contribution in [0.4, 0.5) is 8.78 Å². The average molecular weight is 269 g/mol. The molecule has 2 unspecified atom stereocenters. The van der Waals surface area contributed by atoms with Gasteiger partial charge in [0.1, 0.15) is 11.6 Å². The lowest BCUT2D eigenvalue weighted by Crippen LogP contribution is -2.35. The summed E-state index contributed by atoms with van der Waals surface area (Å²) in [5.74, 6) is -0.878. The average Bonchev–Trinajstić information content (AvgIpc) is 2.80. The SMILES string of the molecule is CN(C)C1CCN(CC(N)c2cc(F)ccc2F)C1. The van der Waals surface area contributed by atoms with Crippen LogP contribution in [0.25, 0.3) is 0 Å². The predicted molar refractivity (Wildman–Crippen MR) is 71.8 cm³/mol. The van der Waals surface area contributed by atoms with Gasteiger partial charge in [-0.15, -0.1) is 0 Å². The van der Waals surface area contributed by atoms with Crippen molar-refractivity contribution in [3.05, 3.63) is 35.4 Å². The maximum absolute atomic E-state index is 13.6. The van der Waals surface area contributed by atoms with Gasteiger partial charge >= 0.3 is 0 Å². The lowest BCUT2D eigenvalue weighted by Gasteiger charge is -2.23. The first-order valence-corrected chi connectivity index (χ1v) is 6.56. The smallest absolute Gasteiger partial charge is 0.128 e. The van der Waals surface area contributed by atoms with Crippen LogP contribution in [0.2, 0.25) is 0 Å². The molecule has 0 aliphatic carbocycles. The highest BCUT2D eigenvalue weighted by atomic mass is 19.1. The van der Waals surface area contributed by atoms with Gasteiger partial charge in [0.2, 0.25) is 0 Å². The Balaban J connectivity index is 1.98. The molecule has 1 aromatic rings. The fourth-order valence-electron chi connectivity index (χ4n) is 2.57. The number of rotatable bonds is 4. The van der Waals surface area contributed by atoms with Gasteiger partial charge in [0.05, 0.1) is 0 Å². The van der Waals surface area contributed by atoms with Gasteiger partial charge < -0.3 is 10.6 Å². The Kier molecular flexibility index (Phi) is 4.50. The van der Waals surface area contributed by atoms with Gasteiger partial charge in [-0.3, -0.25) is 4.90 Å². The molecule has 19 heavy (non-hydrogen) atoms. The van der Waals surface area contributed by atoms with Crippen LogP contribution >= 0.6 is 0 Å². The maximum atomic E-state index is 13.6. The number of halogens is 2. The van der Waals surface area contributed by atoms with E-state index < -0.39 is 17.7 Å². The summed E-state index contributed by atoms with van der Waals surface area (Å²) in [5.41, 5.74) is 6.26. The van der Waals surface area contributed by atoms with E-state index in [0.29, 0.717) is 12.6 Å². The number of benzene rings is 1. The molecule has 3 nitrogen and oxygen atoms in total. The Morgan fingerprint density at radius 2 is 2.16 bits per heavy atom. The van der Waals surface area contributed by atoms with E-state index in [-0.39, 0.29) is 5.56 Å². The fraction of sp³-hybridized carbons (Fsp3) is 0.571. The molecular formula is C14H21F2N3. The summed E-state index contributed by atoms with van der Waals surface area (Å²) in [6, 6.07) is 3.47. The number of nitrogens with zero attached hydrogens (tertiary/aromatic N) is 2. The Bertz CT molecular complexity index is 437. The zero-order valence-electron chi connectivity index (χ0n) is 11.4. The van der Waals surface area contributed by atoms with Gasteiger partial charge in [0, 0.05) is 30.7 Å². The van der Waals surface area contributed by atoms with Gasteiger partial charge in [-0.2, -0.15) is 0 Å². The van der Waals surface area contributed by atoms with Crippen molar-refractivity contribution in [2.45, 2.75) is 18.5 Å². The third-order valence-corrected chi connectivity index (χ3v) is 3.79. The summed E-state index contributed by atoms with van der Waals surface area (Å²) in [7, 11) is 4.11. The predicted octanol–water partition coefficient (Wildman–Crippen LogP) is 1.60. The molecule has 1 saturated heterocycles. The molecule has 0 radical (unpaired) electrons. The van der Waals surface area contributed by atoms with Crippen molar-refractivity contribution in [3.8, 4) is 0 Å². The molecule has 1 heterocycles. The van der Waals surface area contributed by atoms with Crippen molar-refractivity contribution in [3.63, 3.8) is 0 Å². The number of likely N-dealkylation sites (N-methyl/N-ethyl adjacent to an activating group) is 1. The van der Waals surface area contributed by atoms with Crippen LogP contribution in [-0.4, -0.2) is 49.6 Å². The first-order chi connectivity index (χ1) is 8.97. The molecule has 0 bridgehead atoms. The van der Waals surface area contributed by atoms with Crippen LogP contribution in [0.15, 0.2) is 18.2 Å². The molecule has 0 saturated carbocycles. The van der Waals surface area contributed by atoms with Gasteiger partial charge in [0.15, 0.2) is 0 Å². The quantitative estimate of drug-likeness (QED) is 0.901. The van der Waals surface area contributed by atoms with Crippen LogP contribution in [0.5, 0.6) is 0 Å². The summed E-state index contributed by atoms with van der Waals surface area (Å²) >= 11 is 0. The molecule has 2 rings (SSSR count). The zero-order valence-corrected chi connectivity index (χ0v) is 11.4. The minimum atomic E-state index is -0.489. The highest BCUT2D eigenvalue weighted by Gasteiger charge is 2.26. The van der Waals surface area contributed by atoms with Crippen molar-refractivity contribution < 1.29 is 8.78 Å². The second-order valence-corrected chi connectivity index (χ2v) is 5.44. The topological polar surface area (TPSA) is 32.5 Å². The second kappa shape index (κ2) is 5.94. The van der Waals surface area contributed by atoms with E-state index in [1.165, 1.54) is 6.07 Å². The van der Waals surface area contributed by atoms with E-state index in [1.54, 1.807) is 0 Å². The van der Waals surface area contributed by atoms with E-state index in [0.717, 1.165) is 31.6 Å². The molecular weight excluding hydrogens is 248 g/mol. The molecule has 0 amide bonds. The Morgan fingerprint density at radius 3 is 2.79 bits per heavy atom. The van der Waals surface area contributed by atoms with Gasteiger partial charge in [-0.1, -0.05) is 0 Å². The van der Waals surface area contributed by atoms with Crippen LogP contribution in [0, 0.1) is 11.6 Å². The summed E-state index contributed by atoms with van der Waals surface area (Å²) in [4.78, 5) is 4.40. The van der Waals surface area contributed by atoms with E-state index in [4.69, 9.17) is 5.73 Å². The largest absolute Gasteiger partial charge is 0.323 e. The fourth-order valence-corrected chi connectivity index (χ4v) is 2.57. The summed E-state index contributed by atoms with van der Waals surface area (Å²) in [5, 5.41) is 0. The standard InChI is InChI=1S/C14H21F2N3/c1-18(2)11-5-6-19(8-11)9-14(17)12-7-10(15)3-4-13(12)16/h3-4,7,11,14H,5-6,8-9,17H2,1-2H3. The lowest BCUT2D eigenvalue weighted by molar-refractivity contribution is 0.259. The Hall–Kier alpha value is -1.04. The first kappa shape index (κ1) is 14.4. The summed E-state index contributed by atoms with van der Waals surface area (Å²) < 4.78 is 26.8. The van der Waals surface area contributed by atoms with Gasteiger partial charge in [0.25, 0.3) is 0 Å². The number of nitrogens with two attached hydrogens (primary N) is 1. The number of likely N-dealkylation sites (tertiary alicyclic amines) is 1. The van der Waals surface area contributed by atoms with Crippen molar-refractivity contribution in [2.75, 3.05) is 33.7 Å². The third kappa shape index (κ3) is 3.49. The molecule has 1 aliphatic rings. The second-order valence-electron chi connectivity index (χ2n) is 5.44. The van der Waals surface area contributed by atoms with E-state index in [2.05, 4.69) is 23.9 Å². The molecule has 2 atom stereocenters. The van der Waals surface area contributed by atoms with Crippen molar-refractivity contribution >= 4 is 0 Å². The zero-order chi connectivity index (χ0) is 14.0. The van der Waals surface area contributed by atoms with E-state index >= 15 is 0 Å². The summed E-state index contributed by atoms with van der Waals surface area (Å²) in [6.07, 6.45) is 1.09. The number of hydrogen-bond acceptors (Lipinski definition) is 3. The van der Waals surface area contributed by atoms with Crippen molar-refractivity contribution in [1.29, 1.82) is 0 Å². The molecule has 0 aromatic heterocycles. The maximum Gasteiger partial charge on any atom is 0.128 e. The summed E-state index contributed by atoms with van der Waals surface area (Å²) in [6.45, 7) is 2.44. The third-order valence-electron chi connectivity index (χ3n) is 3.79. The Labute approximate surface area is 113 Å². The van der Waals surface area contributed by atoms with Crippen molar-refractivity contribution in [2.24, 2.45) is 5.73 Å². The molecule has 1 aromatic carbocycles. The Morgan fingerprint density at radius 1 is 1.42 bits per heavy atom. The van der Waals surface area contributed by atoms with E-state index in [1.807, 2.05) is 0 Å². The molecule has 1 fully saturated rings. The first-order valence-electron chi connectivity index (χ1n) is 6.56.